The SMILES string of the molecule is CCCCCCCC/C=C\CCCCCCCCCCCC(=O)OC(COC(=O)CCCCCCCC)COC(=O)CCCCCCCCCCCCCCCCCCCCCCCCCCCCCC. The topological polar surface area (TPSA) is 78.9 Å². The largest absolute Gasteiger partial charge is 0.462 e. The number of allylic oxidation sites excluding steroid dienone is 2. The van der Waals surface area contributed by atoms with Crippen LogP contribution in [0.25, 0.3) is 0 Å². The predicted molar refractivity (Wildman–Crippen MR) is 307 cm³/mol. The van der Waals surface area contributed by atoms with E-state index in [0.717, 1.165) is 57.8 Å². The van der Waals surface area contributed by atoms with Crippen molar-refractivity contribution >= 4 is 17.9 Å². The molecule has 1 unspecified atom stereocenters. The van der Waals surface area contributed by atoms with Crippen molar-refractivity contribution in [3.05, 3.63) is 12.2 Å². The second kappa shape index (κ2) is 60.7. The molecule has 0 N–H and O–H groups in total. The maximum absolute atomic E-state index is 12.8. The average molecular weight is 1000 g/mol. The van der Waals surface area contributed by atoms with Gasteiger partial charge in [0.2, 0.25) is 0 Å². The van der Waals surface area contributed by atoms with E-state index >= 15 is 0 Å². The molecule has 0 spiro atoms. The third-order valence-electron chi connectivity index (χ3n) is 14.8. The Bertz CT molecular complexity index is 1100. The van der Waals surface area contributed by atoms with E-state index in [-0.39, 0.29) is 31.1 Å². The quantitative estimate of drug-likeness (QED) is 0.0261. The van der Waals surface area contributed by atoms with Gasteiger partial charge in [-0.15, -0.1) is 0 Å². The summed E-state index contributed by atoms with van der Waals surface area (Å²) in [7, 11) is 0. The number of rotatable bonds is 60. The maximum atomic E-state index is 12.8. The fourth-order valence-corrected chi connectivity index (χ4v) is 9.91. The molecule has 0 aromatic rings. The number of ether oxygens (including phenoxy) is 3. The lowest BCUT2D eigenvalue weighted by Gasteiger charge is -2.18. The summed E-state index contributed by atoms with van der Waals surface area (Å²) >= 11 is 0. The van der Waals surface area contributed by atoms with Crippen LogP contribution in [0.1, 0.15) is 367 Å². The van der Waals surface area contributed by atoms with Gasteiger partial charge in [-0.1, -0.05) is 315 Å². The van der Waals surface area contributed by atoms with Crippen molar-refractivity contribution in [2.45, 2.75) is 374 Å². The zero-order valence-corrected chi connectivity index (χ0v) is 48.3. The monoisotopic (exact) mass is 1000 g/mol. The van der Waals surface area contributed by atoms with E-state index < -0.39 is 6.10 Å². The molecule has 0 aromatic heterocycles. The van der Waals surface area contributed by atoms with E-state index in [9.17, 15) is 14.4 Å². The Kier molecular flexibility index (Phi) is 59.1. The molecule has 0 aromatic carbocycles. The van der Waals surface area contributed by atoms with Gasteiger partial charge in [0, 0.05) is 19.3 Å². The fraction of sp³-hybridized carbons (Fsp3) is 0.923. The Morgan fingerprint density at radius 1 is 0.268 bits per heavy atom. The van der Waals surface area contributed by atoms with Crippen LogP contribution in [0, 0.1) is 0 Å². The molecular weight excluding hydrogens is 877 g/mol. The van der Waals surface area contributed by atoms with Gasteiger partial charge in [0.15, 0.2) is 6.10 Å². The van der Waals surface area contributed by atoms with E-state index in [1.54, 1.807) is 0 Å². The van der Waals surface area contributed by atoms with E-state index in [4.69, 9.17) is 14.2 Å². The minimum Gasteiger partial charge on any atom is -0.462 e. The molecule has 1 atom stereocenters. The summed E-state index contributed by atoms with van der Waals surface area (Å²) in [4.78, 5) is 38.0. The lowest BCUT2D eigenvalue weighted by molar-refractivity contribution is -0.167. The third-order valence-corrected chi connectivity index (χ3v) is 14.8. The Labute approximate surface area is 443 Å². The first-order valence-corrected chi connectivity index (χ1v) is 32.2. The number of carbonyl (C=O) groups is 3. The normalized spacial score (nSPS) is 12.0. The first-order chi connectivity index (χ1) is 35.0. The Morgan fingerprint density at radius 3 is 0.704 bits per heavy atom. The second-order valence-corrected chi connectivity index (χ2v) is 22.0. The standard InChI is InChI=1S/C65H124O6/c1-4-7-10-13-16-18-20-22-24-26-28-29-30-31-32-33-34-35-36-38-39-41-43-45-47-49-52-55-58-64(67)70-61-62(60-69-63(66)57-54-51-15-12-9-6-3)71-65(68)59-56-53-50-48-46-44-42-40-37-27-25-23-21-19-17-14-11-8-5-2/h23,25,62H,4-22,24,26-61H2,1-3H3/b25-23-. The van der Waals surface area contributed by atoms with Crippen LogP contribution in [0.15, 0.2) is 12.2 Å². The van der Waals surface area contributed by atoms with Crippen LogP contribution in [0.5, 0.6) is 0 Å². The van der Waals surface area contributed by atoms with E-state index in [2.05, 4.69) is 32.9 Å². The fourth-order valence-electron chi connectivity index (χ4n) is 9.91. The third kappa shape index (κ3) is 58.9. The van der Waals surface area contributed by atoms with Crippen molar-refractivity contribution < 1.29 is 28.6 Å². The molecule has 6 nitrogen and oxygen atoms in total. The first-order valence-electron chi connectivity index (χ1n) is 32.2. The molecule has 0 bridgehead atoms. The van der Waals surface area contributed by atoms with Crippen LogP contribution in [-0.2, 0) is 28.6 Å². The summed E-state index contributed by atoms with van der Waals surface area (Å²) < 4.78 is 16.8. The minimum absolute atomic E-state index is 0.0656. The summed E-state index contributed by atoms with van der Waals surface area (Å²) in [6.45, 7) is 6.64. The van der Waals surface area contributed by atoms with Crippen LogP contribution in [0.2, 0.25) is 0 Å². The number of carbonyl (C=O) groups excluding carboxylic acids is 3. The van der Waals surface area contributed by atoms with Crippen LogP contribution in [-0.4, -0.2) is 37.2 Å². The lowest BCUT2D eigenvalue weighted by atomic mass is 10.0. The molecule has 0 saturated carbocycles. The summed E-state index contributed by atoms with van der Waals surface area (Å²) in [5.74, 6) is -0.853. The second-order valence-electron chi connectivity index (χ2n) is 22.0. The molecular formula is C65H124O6. The van der Waals surface area contributed by atoms with E-state index in [1.807, 2.05) is 0 Å². The lowest BCUT2D eigenvalue weighted by Crippen LogP contribution is -2.30. The molecule has 0 amide bonds. The molecule has 6 heteroatoms. The molecule has 420 valence electrons. The highest BCUT2D eigenvalue weighted by atomic mass is 16.6. The summed E-state index contributed by atoms with van der Waals surface area (Å²) in [6.07, 6.45) is 71.3. The van der Waals surface area contributed by atoms with Crippen molar-refractivity contribution in [2.75, 3.05) is 13.2 Å². The Morgan fingerprint density at radius 2 is 0.465 bits per heavy atom. The minimum atomic E-state index is -0.764. The zero-order valence-electron chi connectivity index (χ0n) is 48.3. The van der Waals surface area contributed by atoms with Crippen LogP contribution in [0.3, 0.4) is 0 Å². The summed E-state index contributed by atoms with van der Waals surface area (Å²) in [5, 5.41) is 0. The average Bonchev–Trinajstić information content (AvgIpc) is 3.37. The molecule has 0 heterocycles. The van der Waals surface area contributed by atoms with Crippen LogP contribution in [0.4, 0.5) is 0 Å². The van der Waals surface area contributed by atoms with Gasteiger partial charge in [-0.3, -0.25) is 14.4 Å². The highest BCUT2D eigenvalue weighted by Crippen LogP contribution is 2.18. The highest BCUT2D eigenvalue weighted by molar-refractivity contribution is 5.71. The van der Waals surface area contributed by atoms with Gasteiger partial charge in [-0.2, -0.15) is 0 Å². The maximum Gasteiger partial charge on any atom is 0.306 e. The van der Waals surface area contributed by atoms with E-state index in [0.29, 0.717) is 19.3 Å². The molecule has 0 aliphatic carbocycles. The van der Waals surface area contributed by atoms with Crippen LogP contribution < -0.4 is 0 Å². The van der Waals surface area contributed by atoms with E-state index in [1.165, 1.54) is 270 Å². The van der Waals surface area contributed by atoms with Gasteiger partial charge >= 0.3 is 17.9 Å². The van der Waals surface area contributed by atoms with Gasteiger partial charge in [0.05, 0.1) is 0 Å². The van der Waals surface area contributed by atoms with Crippen molar-refractivity contribution in [3.8, 4) is 0 Å². The smallest absolute Gasteiger partial charge is 0.306 e. The molecule has 0 fully saturated rings. The van der Waals surface area contributed by atoms with Gasteiger partial charge in [-0.25, -0.2) is 0 Å². The first kappa shape index (κ1) is 69.2. The number of hydrogen-bond acceptors (Lipinski definition) is 6. The molecule has 71 heavy (non-hydrogen) atoms. The van der Waals surface area contributed by atoms with Crippen molar-refractivity contribution in [1.82, 2.24) is 0 Å². The van der Waals surface area contributed by atoms with Crippen LogP contribution >= 0.6 is 0 Å². The van der Waals surface area contributed by atoms with Gasteiger partial charge < -0.3 is 14.2 Å². The molecule has 0 radical (unpaired) electrons. The summed E-state index contributed by atoms with van der Waals surface area (Å²) in [5.41, 5.74) is 0. The highest BCUT2D eigenvalue weighted by Gasteiger charge is 2.19. The van der Waals surface area contributed by atoms with Crippen molar-refractivity contribution in [2.24, 2.45) is 0 Å². The van der Waals surface area contributed by atoms with Crippen molar-refractivity contribution in [1.29, 1.82) is 0 Å². The van der Waals surface area contributed by atoms with Gasteiger partial charge in [0.1, 0.15) is 13.2 Å². The Hall–Kier alpha value is -1.85. The number of unbranched alkanes of at least 4 members (excludes halogenated alkanes) is 47. The summed E-state index contributed by atoms with van der Waals surface area (Å²) in [6, 6.07) is 0. The van der Waals surface area contributed by atoms with Gasteiger partial charge in [-0.05, 0) is 44.9 Å². The van der Waals surface area contributed by atoms with Crippen molar-refractivity contribution in [3.63, 3.8) is 0 Å². The molecule has 0 aliphatic rings. The number of hydrogen-bond donors (Lipinski definition) is 0. The number of esters is 3. The van der Waals surface area contributed by atoms with Gasteiger partial charge in [0.25, 0.3) is 0 Å². The Balaban J connectivity index is 3.98. The zero-order chi connectivity index (χ0) is 51.4. The molecule has 0 rings (SSSR count). The molecule has 0 aliphatic heterocycles. The predicted octanol–water partition coefficient (Wildman–Crippen LogP) is 21.7. The molecule has 0 saturated heterocycles.